The van der Waals surface area contributed by atoms with E-state index in [-0.39, 0.29) is 5.91 Å². The third-order valence-corrected chi connectivity index (χ3v) is 4.17. The molecule has 2 aromatic rings. The largest absolute Gasteiger partial charge is 0.486 e. The minimum atomic E-state index is -0.0161. The highest BCUT2D eigenvalue weighted by Crippen LogP contribution is 2.32. The van der Waals surface area contributed by atoms with E-state index >= 15 is 0 Å². The molecule has 0 atom stereocenters. The van der Waals surface area contributed by atoms with E-state index in [1.807, 2.05) is 30.3 Å². The van der Waals surface area contributed by atoms with E-state index in [9.17, 15) is 4.79 Å². The molecule has 0 aliphatic carbocycles. The van der Waals surface area contributed by atoms with Crippen molar-refractivity contribution in [3.05, 3.63) is 54.1 Å². The van der Waals surface area contributed by atoms with Crippen molar-refractivity contribution in [3.8, 4) is 11.5 Å². The topological polar surface area (TPSA) is 47.6 Å². The minimum Gasteiger partial charge on any atom is -0.486 e. The van der Waals surface area contributed by atoms with E-state index in [4.69, 9.17) is 9.47 Å². The second kappa shape index (κ2) is 7.22. The van der Waals surface area contributed by atoms with Crippen LogP contribution in [0.3, 0.4) is 0 Å². The van der Waals surface area contributed by atoms with E-state index in [0.717, 1.165) is 17.2 Å². The normalized spacial score (nSPS) is 12.7. The Morgan fingerprint density at radius 3 is 2.64 bits per heavy atom. The summed E-state index contributed by atoms with van der Waals surface area (Å²) in [6.07, 6.45) is 0. The fourth-order valence-electron chi connectivity index (χ4n) is 2.15. The molecule has 0 saturated heterocycles. The van der Waals surface area contributed by atoms with Gasteiger partial charge >= 0.3 is 0 Å². The summed E-state index contributed by atoms with van der Waals surface area (Å²) in [5, 5.41) is 2.88. The molecule has 0 saturated carbocycles. The number of hydrogen-bond donors (Lipinski definition) is 1. The lowest BCUT2D eigenvalue weighted by atomic mass is 10.2. The van der Waals surface area contributed by atoms with E-state index < -0.39 is 0 Å². The van der Waals surface area contributed by atoms with Crippen LogP contribution in [0.25, 0.3) is 0 Å². The highest BCUT2D eigenvalue weighted by molar-refractivity contribution is 7.99. The van der Waals surface area contributed by atoms with Gasteiger partial charge in [0.25, 0.3) is 0 Å². The fraction of sp³-hybridized carbons (Fsp3) is 0.235. The predicted molar refractivity (Wildman–Crippen MR) is 88.7 cm³/mol. The Bertz CT molecular complexity index is 646. The van der Waals surface area contributed by atoms with Gasteiger partial charge in [0.05, 0.1) is 5.75 Å². The number of anilines is 1. The lowest BCUT2D eigenvalue weighted by Gasteiger charge is -2.19. The van der Waals surface area contributed by atoms with Gasteiger partial charge in [-0.3, -0.25) is 4.79 Å². The molecule has 1 N–H and O–H groups in total. The van der Waals surface area contributed by atoms with Crippen molar-refractivity contribution in [2.45, 2.75) is 5.75 Å². The Morgan fingerprint density at radius 1 is 1.05 bits per heavy atom. The van der Waals surface area contributed by atoms with Crippen LogP contribution in [0.2, 0.25) is 0 Å². The van der Waals surface area contributed by atoms with E-state index in [1.54, 1.807) is 17.8 Å². The number of amides is 1. The zero-order chi connectivity index (χ0) is 15.2. The minimum absolute atomic E-state index is 0.0161. The summed E-state index contributed by atoms with van der Waals surface area (Å²) in [5.74, 6) is 2.64. The number of nitrogens with one attached hydrogen (secondary N) is 1. The molecule has 0 radical (unpaired) electrons. The SMILES string of the molecule is O=C(CSCc1ccccc1)Nc1ccc2c(c1)OCCO2. The number of carbonyl (C=O) groups is 1. The third-order valence-electron chi connectivity index (χ3n) is 3.17. The van der Waals surface area contributed by atoms with Gasteiger partial charge in [-0.05, 0) is 17.7 Å². The molecule has 0 bridgehead atoms. The van der Waals surface area contributed by atoms with Gasteiger partial charge in [0.1, 0.15) is 13.2 Å². The Kier molecular flexibility index (Phi) is 4.85. The lowest BCUT2D eigenvalue weighted by molar-refractivity contribution is -0.113. The summed E-state index contributed by atoms with van der Waals surface area (Å²) in [6.45, 7) is 1.10. The van der Waals surface area contributed by atoms with Crippen LogP contribution in [0, 0.1) is 0 Å². The summed E-state index contributed by atoms with van der Waals surface area (Å²) < 4.78 is 11.0. The maximum Gasteiger partial charge on any atom is 0.234 e. The lowest BCUT2D eigenvalue weighted by Crippen LogP contribution is -2.17. The molecule has 1 heterocycles. The molecule has 22 heavy (non-hydrogen) atoms. The number of hydrogen-bond acceptors (Lipinski definition) is 4. The van der Waals surface area contributed by atoms with Crippen molar-refractivity contribution in [1.29, 1.82) is 0 Å². The Labute approximate surface area is 133 Å². The van der Waals surface area contributed by atoms with Gasteiger partial charge in [-0.1, -0.05) is 30.3 Å². The van der Waals surface area contributed by atoms with Crippen LogP contribution in [0.5, 0.6) is 11.5 Å². The predicted octanol–water partition coefficient (Wildman–Crippen LogP) is 3.33. The van der Waals surface area contributed by atoms with Crippen LogP contribution < -0.4 is 14.8 Å². The molecule has 3 rings (SSSR count). The highest BCUT2D eigenvalue weighted by atomic mass is 32.2. The molecule has 1 amide bonds. The van der Waals surface area contributed by atoms with Crippen LogP contribution in [0.1, 0.15) is 5.56 Å². The van der Waals surface area contributed by atoms with Crippen LogP contribution in [0.4, 0.5) is 5.69 Å². The monoisotopic (exact) mass is 315 g/mol. The Morgan fingerprint density at radius 2 is 1.82 bits per heavy atom. The van der Waals surface area contributed by atoms with Crippen molar-refractivity contribution < 1.29 is 14.3 Å². The number of benzene rings is 2. The van der Waals surface area contributed by atoms with Crippen LogP contribution in [-0.4, -0.2) is 24.9 Å². The third kappa shape index (κ3) is 3.95. The molecule has 2 aromatic carbocycles. The van der Waals surface area contributed by atoms with Gasteiger partial charge in [-0.15, -0.1) is 11.8 Å². The second-order valence-corrected chi connectivity index (χ2v) is 5.87. The number of thioether (sulfide) groups is 1. The fourth-order valence-corrected chi connectivity index (χ4v) is 2.94. The van der Waals surface area contributed by atoms with Crippen LogP contribution in [0.15, 0.2) is 48.5 Å². The first kappa shape index (κ1) is 14.8. The smallest absolute Gasteiger partial charge is 0.234 e. The van der Waals surface area contributed by atoms with Crippen molar-refractivity contribution in [2.24, 2.45) is 0 Å². The van der Waals surface area contributed by atoms with Crippen LogP contribution >= 0.6 is 11.8 Å². The summed E-state index contributed by atoms with van der Waals surface area (Å²) in [6, 6.07) is 15.6. The van der Waals surface area contributed by atoms with E-state index in [0.29, 0.717) is 24.7 Å². The Hall–Kier alpha value is -2.14. The second-order valence-electron chi connectivity index (χ2n) is 4.89. The van der Waals surface area contributed by atoms with Gasteiger partial charge in [0.15, 0.2) is 11.5 Å². The van der Waals surface area contributed by atoms with Crippen molar-refractivity contribution in [2.75, 3.05) is 24.3 Å². The maximum absolute atomic E-state index is 12.0. The van der Waals surface area contributed by atoms with Crippen molar-refractivity contribution >= 4 is 23.4 Å². The molecule has 4 nitrogen and oxygen atoms in total. The quantitative estimate of drug-likeness (QED) is 0.919. The number of carbonyl (C=O) groups excluding carboxylic acids is 1. The number of fused-ring (bicyclic) bond motifs is 1. The van der Waals surface area contributed by atoms with Gasteiger partial charge in [0.2, 0.25) is 5.91 Å². The molecule has 5 heteroatoms. The van der Waals surface area contributed by atoms with E-state index in [1.165, 1.54) is 5.56 Å². The average Bonchev–Trinajstić information content (AvgIpc) is 2.56. The number of ether oxygens (including phenoxy) is 2. The average molecular weight is 315 g/mol. The molecule has 1 aliphatic heterocycles. The molecule has 1 aliphatic rings. The molecule has 0 aromatic heterocycles. The summed E-state index contributed by atoms with van der Waals surface area (Å²) in [5.41, 5.74) is 1.95. The van der Waals surface area contributed by atoms with E-state index in [2.05, 4.69) is 17.4 Å². The summed E-state index contributed by atoms with van der Waals surface area (Å²) >= 11 is 1.59. The molecular weight excluding hydrogens is 298 g/mol. The standard InChI is InChI=1S/C17H17NO3S/c19-17(12-22-11-13-4-2-1-3-5-13)18-14-6-7-15-16(10-14)21-9-8-20-15/h1-7,10H,8-9,11-12H2,(H,18,19). The molecular formula is C17H17NO3S. The Balaban J connectivity index is 1.49. The van der Waals surface area contributed by atoms with Crippen LogP contribution in [-0.2, 0) is 10.5 Å². The first-order valence-electron chi connectivity index (χ1n) is 7.12. The first-order chi connectivity index (χ1) is 10.8. The zero-order valence-corrected chi connectivity index (χ0v) is 12.9. The molecule has 114 valence electrons. The van der Waals surface area contributed by atoms with Gasteiger partial charge in [0, 0.05) is 17.5 Å². The summed E-state index contributed by atoms with van der Waals surface area (Å²) in [7, 11) is 0. The van der Waals surface area contributed by atoms with Gasteiger partial charge in [-0.25, -0.2) is 0 Å². The summed E-state index contributed by atoms with van der Waals surface area (Å²) in [4.78, 5) is 12.0. The highest BCUT2D eigenvalue weighted by Gasteiger charge is 2.12. The number of rotatable bonds is 5. The molecule has 0 unspecified atom stereocenters. The first-order valence-corrected chi connectivity index (χ1v) is 8.28. The maximum atomic E-state index is 12.0. The van der Waals surface area contributed by atoms with Gasteiger partial charge < -0.3 is 14.8 Å². The zero-order valence-electron chi connectivity index (χ0n) is 12.1. The van der Waals surface area contributed by atoms with Crippen molar-refractivity contribution in [3.63, 3.8) is 0 Å². The van der Waals surface area contributed by atoms with Crippen molar-refractivity contribution in [1.82, 2.24) is 0 Å². The van der Waals surface area contributed by atoms with Gasteiger partial charge in [-0.2, -0.15) is 0 Å². The molecule has 0 fully saturated rings. The molecule has 0 spiro atoms.